The monoisotopic (exact) mass is 336 g/mol. The highest BCUT2D eigenvalue weighted by molar-refractivity contribution is 5.60. The normalized spacial score (nSPS) is 10.6. The van der Waals surface area contributed by atoms with E-state index in [0.717, 1.165) is 24.1 Å². The van der Waals surface area contributed by atoms with Crippen LogP contribution in [-0.2, 0) is 12.8 Å². The number of nitriles is 1. The molecule has 0 unspecified atom stereocenters. The van der Waals surface area contributed by atoms with E-state index in [-0.39, 0.29) is 0 Å². The summed E-state index contributed by atoms with van der Waals surface area (Å²) in [6.45, 7) is 3.68. The quantitative estimate of drug-likeness (QED) is 0.558. The first-order valence-electron chi connectivity index (χ1n) is 8.60. The van der Waals surface area contributed by atoms with Crippen LogP contribution in [0, 0.1) is 11.3 Å². The van der Waals surface area contributed by atoms with Gasteiger partial charge in [-0.2, -0.15) is 5.26 Å². The molecule has 0 aliphatic heterocycles. The maximum atomic E-state index is 8.98. The summed E-state index contributed by atoms with van der Waals surface area (Å²) in [5.74, 6) is 0. The van der Waals surface area contributed by atoms with Gasteiger partial charge in [0.05, 0.1) is 5.69 Å². The number of allylic oxidation sites excluding steroid dienone is 3. The van der Waals surface area contributed by atoms with Crippen molar-refractivity contribution >= 4 is 0 Å². The van der Waals surface area contributed by atoms with E-state index in [1.54, 1.807) is 12.1 Å². The lowest BCUT2D eigenvalue weighted by Crippen LogP contribution is -1.91. The summed E-state index contributed by atoms with van der Waals surface area (Å²) < 4.78 is 0. The lowest BCUT2D eigenvalue weighted by molar-refractivity contribution is 1.17. The number of aromatic nitrogens is 1. The molecule has 0 amide bonds. The van der Waals surface area contributed by atoms with Gasteiger partial charge in [-0.1, -0.05) is 79.4 Å². The van der Waals surface area contributed by atoms with Gasteiger partial charge >= 0.3 is 0 Å². The third-order valence-corrected chi connectivity index (χ3v) is 4.17. The van der Waals surface area contributed by atoms with Gasteiger partial charge in [0.1, 0.15) is 11.8 Å². The molecular weight excluding hydrogens is 316 g/mol. The molecular formula is C24H20N2. The zero-order valence-corrected chi connectivity index (χ0v) is 14.6. The minimum atomic E-state index is 0.439. The molecule has 26 heavy (non-hydrogen) atoms. The Balaban J connectivity index is 1.68. The fourth-order valence-corrected chi connectivity index (χ4v) is 2.78. The summed E-state index contributed by atoms with van der Waals surface area (Å²) >= 11 is 0. The van der Waals surface area contributed by atoms with Crippen molar-refractivity contribution in [3.8, 4) is 17.3 Å². The lowest BCUT2D eigenvalue weighted by atomic mass is 10.0. The summed E-state index contributed by atoms with van der Waals surface area (Å²) in [6, 6.07) is 24.7. The van der Waals surface area contributed by atoms with Gasteiger partial charge in [-0.25, -0.2) is 4.98 Å². The molecule has 0 bridgehead atoms. The number of hydrogen-bond donors (Lipinski definition) is 0. The second kappa shape index (κ2) is 8.60. The first kappa shape index (κ1) is 17.4. The van der Waals surface area contributed by atoms with Gasteiger partial charge in [-0.3, -0.25) is 0 Å². The molecule has 0 spiro atoms. The van der Waals surface area contributed by atoms with Gasteiger partial charge in [0.2, 0.25) is 0 Å². The maximum Gasteiger partial charge on any atom is 0.141 e. The fraction of sp³-hybridized carbons (Fsp3) is 0.0833. The van der Waals surface area contributed by atoms with Crippen LogP contribution in [0.25, 0.3) is 11.3 Å². The Morgan fingerprint density at radius 2 is 1.54 bits per heavy atom. The van der Waals surface area contributed by atoms with Crippen LogP contribution >= 0.6 is 0 Å². The molecule has 1 heterocycles. The van der Waals surface area contributed by atoms with Gasteiger partial charge in [-0.05, 0) is 41.7 Å². The number of benzene rings is 2. The highest BCUT2D eigenvalue weighted by Gasteiger charge is 2.02. The van der Waals surface area contributed by atoms with E-state index < -0.39 is 0 Å². The minimum Gasteiger partial charge on any atom is -0.237 e. The molecule has 2 heteroatoms. The van der Waals surface area contributed by atoms with Crippen molar-refractivity contribution < 1.29 is 0 Å². The smallest absolute Gasteiger partial charge is 0.141 e. The van der Waals surface area contributed by atoms with E-state index in [4.69, 9.17) is 5.26 Å². The molecule has 3 aromatic rings. The Hall–Kier alpha value is -3.44. The van der Waals surface area contributed by atoms with E-state index in [0.29, 0.717) is 5.69 Å². The fourth-order valence-electron chi connectivity index (χ4n) is 2.78. The van der Waals surface area contributed by atoms with Crippen molar-refractivity contribution in [1.82, 2.24) is 4.98 Å². The van der Waals surface area contributed by atoms with Crippen LogP contribution in [0.2, 0.25) is 0 Å². The Morgan fingerprint density at radius 3 is 2.19 bits per heavy atom. The SMILES string of the molecule is C=C/C=C\Cc1ccc(Cc2ccc(-c3cccc(C#N)n3)cc2)cc1. The highest BCUT2D eigenvalue weighted by atomic mass is 14.7. The largest absolute Gasteiger partial charge is 0.237 e. The molecule has 0 radical (unpaired) electrons. The highest BCUT2D eigenvalue weighted by Crippen LogP contribution is 2.19. The second-order valence-electron chi connectivity index (χ2n) is 6.08. The molecule has 0 aliphatic rings. The van der Waals surface area contributed by atoms with Crippen molar-refractivity contribution in [2.24, 2.45) is 0 Å². The van der Waals surface area contributed by atoms with Crippen LogP contribution in [0.15, 0.2) is 91.5 Å². The lowest BCUT2D eigenvalue weighted by Gasteiger charge is -2.06. The summed E-state index contributed by atoms with van der Waals surface area (Å²) in [4.78, 5) is 4.34. The third-order valence-electron chi connectivity index (χ3n) is 4.17. The maximum absolute atomic E-state index is 8.98. The minimum absolute atomic E-state index is 0.439. The summed E-state index contributed by atoms with van der Waals surface area (Å²) in [5.41, 5.74) is 6.13. The Kier molecular flexibility index (Phi) is 5.75. The number of hydrogen-bond acceptors (Lipinski definition) is 2. The van der Waals surface area contributed by atoms with E-state index in [1.807, 2.05) is 18.2 Å². The van der Waals surface area contributed by atoms with E-state index in [2.05, 4.69) is 72.2 Å². The zero-order valence-electron chi connectivity index (χ0n) is 14.6. The molecule has 2 aromatic carbocycles. The molecule has 0 N–H and O–H groups in total. The standard InChI is InChI=1S/C24H20N2/c1-2-3-4-6-19-9-11-20(12-10-19)17-21-13-15-22(16-14-21)24-8-5-7-23(18-25)26-24/h2-5,7-16H,1,6,17H2/b4-3-. The Bertz CT molecular complexity index is 943. The van der Waals surface area contributed by atoms with Crippen molar-refractivity contribution in [3.05, 3.63) is 114 Å². The Morgan fingerprint density at radius 1 is 0.885 bits per heavy atom. The van der Waals surface area contributed by atoms with E-state index >= 15 is 0 Å². The van der Waals surface area contributed by atoms with Crippen molar-refractivity contribution in [2.75, 3.05) is 0 Å². The van der Waals surface area contributed by atoms with Crippen LogP contribution in [-0.4, -0.2) is 4.98 Å². The van der Waals surface area contributed by atoms with Crippen molar-refractivity contribution in [2.45, 2.75) is 12.8 Å². The summed E-state index contributed by atoms with van der Waals surface area (Å²) in [5, 5.41) is 8.98. The first-order chi connectivity index (χ1) is 12.8. The van der Waals surface area contributed by atoms with Crippen molar-refractivity contribution in [1.29, 1.82) is 5.26 Å². The molecule has 0 fully saturated rings. The van der Waals surface area contributed by atoms with Gasteiger partial charge < -0.3 is 0 Å². The molecule has 0 aliphatic carbocycles. The van der Waals surface area contributed by atoms with E-state index in [1.165, 1.54) is 16.7 Å². The average molecular weight is 336 g/mol. The zero-order chi connectivity index (χ0) is 18.2. The van der Waals surface area contributed by atoms with Gasteiger partial charge in [-0.15, -0.1) is 0 Å². The van der Waals surface area contributed by atoms with Crippen LogP contribution in [0.4, 0.5) is 0 Å². The van der Waals surface area contributed by atoms with Crippen LogP contribution in [0.1, 0.15) is 22.4 Å². The predicted octanol–water partition coefficient (Wildman–Crippen LogP) is 5.50. The number of nitrogens with zero attached hydrogens (tertiary/aromatic N) is 2. The third kappa shape index (κ3) is 4.55. The van der Waals surface area contributed by atoms with Crippen molar-refractivity contribution in [3.63, 3.8) is 0 Å². The van der Waals surface area contributed by atoms with Gasteiger partial charge in [0.15, 0.2) is 0 Å². The molecule has 126 valence electrons. The van der Waals surface area contributed by atoms with Crippen LogP contribution < -0.4 is 0 Å². The second-order valence-corrected chi connectivity index (χ2v) is 6.08. The van der Waals surface area contributed by atoms with E-state index in [9.17, 15) is 0 Å². The summed E-state index contributed by atoms with van der Waals surface area (Å²) in [7, 11) is 0. The predicted molar refractivity (Wildman–Crippen MR) is 107 cm³/mol. The topological polar surface area (TPSA) is 36.7 Å². The van der Waals surface area contributed by atoms with Gasteiger partial charge in [0.25, 0.3) is 0 Å². The summed E-state index contributed by atoms with van der Waals surface area (Å²) in [6.07, 6.45) is 7.70. The van der Waals surface area contributed by atoms with Crippen LogP contribution in [0.5, 0.6) is 0 Å². The molecule has 0 saturated carbocycles. The number of rotatable bonds is 6. The molecule has 1 aromatic heterocycles. The first-order valence-corrected chi connectivity index (χ1v) is 8.60. The Labute approximate surface area is 154 Å². The van der Waals surface area contributed by atoms with Gasteiger partial charge in [0, 0.05) is 5.56 Å². The molecule has 0 saturated heterocycles. The molecule has 0 atom stereocenters. The molecule has 3 rings (SSSR count). The van der Waals surface area contributed by atoms with Crippen LogP contribution in [0.3, 0.4) is 0 Å². The number of pyridine rings is 1. The average Bonchev–Trinajstić information content (AvgIpc) is 2.70. The molecule has 2 nitrogen and oxygen atoms in total.